The number of carbonyl (C=O) groups excluding carboxylic acids is 3. The molecule has 0 spiro atoms. The standard InChI is InChI=1S/C29H50N7O17P3S.3Li.H2O/c1-4-5-6-7-8-9-20(38)57-13-12-31-19(37)10-11-32-27(41)24(40)29(2,3)15-50-56(47,48)53-55(45,46)49-14-18-23(52-54(42,43)44)22(39)28(51-18)36-17-35-21-25(30)33-16-34-26(21)36;;;;/h16-18,22-24,28,39-40H,4-15H2,1-3H3,(H,31,37)(H,32,41)(H,45,46)(H,47,48)(H2,30,33,34)(H2,42,43,44);;;;1H2/q;3*+1;/p-3/t18-,22-,23-,24+,28-;;;;/m1..../s1. The zero-order valence-electron chi connectivity index (χ0n) is 34.7. The van der Waals surface area contributed by atoms with Crippen molar-refractivity contribution >= 4 is 69.1 Å². The van der Waals surface area contributed by atoms with Gasteiger partial charge in [0, 0.05) is 37.1 Å². The maximum Gasteiger partial charge on any atom is 1.00 e. The number of rotatable bonds is 25. The first-order valence-electron chi connectivity index (χ1n) is 17.5. The fraction of sp³-hybridized carbons (Fsp3) is 0.724. The van der Waals surface area contributed by atoms with Crippen LogP contribution in [-0.2, 0) is 50.7 Å². The summed E-state index contributed by atoms with van der Waals surface area (Å²) in [5.74, 6) is -1.12. The first kappa shape index (κ1) is 62.4. The number of aromatic nitrogens is 4. The maximum atomic E-state index is 12.5. The molecule has 32 heteroatoms. The van der Waals surface area contributed by atoms with Gasteiger partial charge in [-0.15, -0.1) is 0 Å². The van der Waals surface area contributed by atoms with Gasteiger partial charge in [0.25, 0.3) is 23.5 Å². The summed E-state index contributed by atoms with van der Waals surface area (Å²) < 4.78 is 60.9. The average Bonchev–Trinajstić information content (AvgIpc) is 3.68. The molecule has 0 saturated carbocycles. The summed E-state index contributed by atoms with van der Waals surface area (Å²) in [6, 6.07) is 0. The van der Waals surface area contributed by atoms with Gasteiger partial charge in [-0.2, -0.15) is 0 Å². The number of aliphatic hydroxyl groups is 2. The number of phosphoric ester groups is 3. The second kappa shape index (κ2) is 28.4. The van der Waals surface area contributed by atoms with Crippen LogP contribution in [0.5, 0.6) is 0 Å². The van der Waals surface area contributed by atoms with E-state index in [0.29, 0.717) is 12.2 Å². The van der Waals surface area contributed by atoms with Gasteiger partial charge in [0.1, 0.15) is 36.3 Å². The van der Waals surface area contributed by atoms with E-state index in [1.807, 2.05) is 0 Å². The van der Waals surface area contributed by atoms with E-state index in [0.717, 1.165) is 61.1 Å². The summed E-state index contributed by atoms with van der Waals surface area (Å²) in [5, 5.41) is 26.3. The van der Waals surface area contributed by atoms with Crippen molar-refractivity contribution in [3.8, 4) is 0 Å². The molecule has 0 bridgehead atoms. The fourth-order valence-electron chi connectivity index (χ4n) is 5.22. The third-order valence-electron chi connectivity index (χ3n) is 8.23. The van der Waals surface area contributed by atoms with E-state index < -0.39 is 84.6 Å². The number of nitrogens with zero attached hydrogens (tertiary/aromatic N) is 4. The van der Waals surface area contributed by atoms with Gasteiger partial charge in [0.15, 0.2) is 22.8 Å². The molecule has 2 aromatic rings. The van der Waals surface area contributed by atoms with Gasteiger partial charge in [-0.1, -0.05) is 58.2 Å². The second-order valence-corrected chi connectivity index (χ2v) is 18.6. The Morgan fingerprint density at radius 2 is 1.64 bits per heavy atom. The molecular formula is C29H49Li3N7O18P3S. The average molecular weight is 930 g/mol. The maximum absolute atomic E-state index is 12.5. The Morgan fingerprint density at radius 1 is 1.00 bits per heavy atom. The second-order valence-electron chi connectivity index (χ2n) is 13.4. The van der Waals surface area contributed by atoms with Crippen LogP contribution in [-0.4, -0.2) is 114 Å². The van der Waals surface area contributed by atoms with Crippen molar-refractivity contribution in [2.45, 2.75) is 96.4 Å². The molecule has 9 N–H and O–H groups in total. The van der Waals surface area contributed by atoms with E-state index in [9.17, 15) is 57.9 Å². The number of unbranched alkanes of at least 4 members (excludes halogenated alkanes) is 4. The van der Waals surface area contributed by atoms with Crippen LogP contribution in [0.3, 0.4) is 0 Å². The first-order chi connectivity index (χ1) is 26.6. The molecule has 2 amide bonds. The molecule has 3 unspecified atom stereocenters. The monoisotopic (exact) mass is 929 g/mol. The van der Waals surface area contributed by atoms with Gasteiger partial charge < -0.3 is 69.9 Å². The normalized spacial score (nSPS) is 20.9. The molecule has 61 heavy (non-hydrogen) atoms. The predicted molar refractivity (Wildman–Crippen MR) is 197 cm³/mol. The molecular weight excluding hydrogens is 880 g/mol. The van der Waals surface area contributed by atoms with E-state index >= 15 is 0 Å². The van der Waals surface area contributed by atoms with Crippen LogP contribution in [0.15, 0.2) is 12.7 Å². The van der Waals surface area contributed by atoms with Gasteiger partial charge in [-0.05, 0) is 6.42 Å². The van der Waals surface area contributed by atoms with Gasteiger partial charge >= 0.3 is 56.6 Å². The van der Waals surface area contributed by atoms with Crippen LogP contribution in [0.1, 0.15) is 71.9 Å². The summed E-state index contributed by atoms with van der Waals surface area (Å²) in [4.78, 5) is 94.1. The number of imidazole rings is 1. The zero-order valence-corrected chi connectivity index (χ0v) is 38.2. The number of nitrogens with one attached hydrogen (secondary N) is 2. The number of thioether (sulfide) groups is 1. The van der Waals surface area contributed by atoms with Crippen molar-refractivity contribution in [1.29, 1.82) is 0 Å². The van der Waals surface area contributed by atoms with Crippen molar-refractivity contribution in [1.82, 2.24) is 30.2 Å². The van der Waals surface area contributed by atoms with Gasteiger partial charge in [-0.25, -0.2) is 19.3 Å². The number of hydrogen-bond acceptors (Lipinski definition) is 21. The summed E-state index contributed by atoms with van der Waals surface area (Å²) in [6.45, 7) is 2.32. The number of ether oxygens (including phenoxy) is 1. The number of hydrogen-bond donors (Lipinski definition) is 6. The Morgan fingerprint density at radius 3 is 2.28 bits per heavy atom. The van der Waals surface area contributed by atoms with Crippen molar-refractivity contribution < 1.29 is 143 Å². The quantitative estimate of drug-likeness (QED) is 0.0306. The molecule has 1 aliphatic rings. The molecule has 0 radical (unpaired) electrons. The number of fused-ring (bicyclic) bond motifs is 1. The fourth-order valence-corrected chi connectivity index (χ4v) is 8.69. The molecule has 1 saturated heterocycles. The first-order valence-corrected chi connectivity index (χ1v) is 23.0. The van der Waals surface area contributed by atoms with E-state index in [4.69, 9.17) is 10.5 Å². The molecule has 332 valence electrons. The van der Waals surface area contributed by atoms with Crippen molar-refractivity contribution in [3.63, 3.8) is 0 Å². The molecule has 1 aliphatic heterocycles. The van der Waals surface area contributed by atoms with Crippen molar-refractivity contribution in [2.75, 3.05) is 37.8 Å². The molecule has 2 aromatic heterocycles. The van der Waals surface area contributed by atoms with Crippen LogP contribution in [0.25, 0.3) is 11.2 Å². The van der Waals surface area contributed by atoms with Crippen LogP contribution in [0.4, 0.5) is 5.82 Å². The van der Waals surface area contributed by atoms with Crippen LogP contribution >= 0.6 is 35.2 Å². The van der Waals surface area contributed by atoms with Gasteiger partial charge in [0.05, 0.1) is 19.5 Å². The number of phosphoric acid groups is 3. The van der Waals surface area contributed by atoms with E-state index in [2.05, 4.69) is 50.4 Å². The SMILES string of the molecule is CCCCCCCC(=O)SCCNC(=O)CCNC(=O)[C@H](O)C(C)(C)COP(=O)([O-])OP(=O)([O-])OC[C@H]1O[C@@H](n2cnc3c(N)ncnc32)[C@H](O)[C@@H]1OP(=O)([O-])O.O.[Li+].[Li+].[Li+]. The number of nitrogen functional groups attached to an aromatic ring is 1. The van der Waals surface area contributed by atoms with E-state index in [1.165, 1.54) is 13.8 Å². The molecule has 0 aliphatic carbocycles. The van der Waals surface area contributed by atoms with Crippen molar-refractivity contribution in [3.05, 3.63) is 12.7 Å². The Kier molecular flexibility index (Phi) is 29.0. The minimum atomic E-state index is -5.89. The van der Waals surface area contributed by atoms with Gasteiger partial charge in [0.2, 0.25) is 11.8 Å². The minimum absolute atomic E-state index is 0. The van der Waals surface area contributed by atoms with Crippen LogP contribution < -0.4 is 87.6 Å². The largest absolute Gasteiger partial charge is 1.00 e. The number of amides is 2. The Hall–Kier alpha value is -0.688. The summed E-state index contributed by atoms with van der Waals surface area (Å²) >= 11 is 1.12. The van der Waals surface area contributed by atoms with Gasteiger partial charge in [-0.3, -0.25) is 32.6 Å². The van der Waals surface area contributed by atoms with E-state index in [1.54, 1.807) is 0 Å². The van der Waals surface area contributed by atoms with Crippen molar-refractivity contribution in [2.24, 2.45) is 5.41 Å². The third kappa shape index (κ3) is 21.0. The molecule has 0 aromatic carbocycles. The third-order valence-corrected chi connectivity index (χ3v) is 12.2. The Labute approximate surface area is 391 Å². The smallest absolute Gasteiger partial charge is 0.756 e. The predicted octanol–water partition coefficient (Wildman–Crippen LogP) is -10.7. The topological polar surface area (TPSA) is 404 Å². The molecule has 1 fully saturated rings. The summed E-state index contributed by atoms with van der Waals surface area (Å²) in [6.07, 6.45) is -1.73. The minimum Gasteiger partial charge on any atom is -0.756 e. The number of anilines is 1. The Bertz CT molecular complexity index is 1840. The molecule has 3 rings (SSSR count). The summed E-state index contributed by atoms with van der Waals surface area (Å²) in [5.41, 5.74) is 4.12. The number of nitrogens with two attached hydrogens (primary N) is 1. The molecule has 3 heterocycles. The number of aliphatic hydroxyl groups excluding tert-OH is 2. The number of carbonyl (C=O) groups is 3. The summed E-state index contributed by atoms with van der Waals surface area (Å²) in [7, 11) is -17.3. The van der Waals surface area contributed by atoms with Crippen LogP contribution in [0.2, 0.25) is 0 Å². The zero-order chi connectivity index (χ0) is 42.6. The van der Waals surface area contributed by atoms with E-state index in [-0.39, 0.29) is 104 Å². The molecule has 8 atom stereocenters. The Balaban J connectivity index is 0. The molecule has 25 nitrogen and oxygen atoms in total. The van der Waals surface area contributed by atoms with Crippen LogP contribution in [0, 0.1) is 5.41 Å².